The molecule has 8 nitrogen and oxygen atoms in total. The van der Waals surface area contributed by atoms with Crippen LogP contribution in [0.15, 0.2) is 12.1 Å². The van der Waals surface area contributed by atoms with E-state index in [0.717, 1.165) is 38.0 Å². The number of quaternary nitrogens is 1. The molecule has 3 fully saturated rings. The van der Waals surface area contributed by atoms with Crippen LogP contribution >= 0.6 is 0 Å². The molecule has 4 aliphatic rings. The Morgan fingerprint density at radius 1 is 1.38 bits per heavy atom. The van der Waals surface area contributed by atoms with Crippen LogP contribution < -0.4 is 15.1 Å². The van der Waals surface area contributed by atoms with Crippen LogP contribution in [0.4, 0.5) is 0 Å². The maximum Gasteiger partial charge on any atom is 0.434 e. The second-order valence-electron chi connectivity index (χ2n) is 8.48. The van der Waals surface area contributed by atoms with E-state index in [0.29, 0.717) is 6.42 Å². The largest absolute Gasteiger partial charge is 0.669 e. The summed E-state index contributed by atoms with van der Waals surface area (Å²) in [6, 6.07) is 3.46. The molecule has 0 amide bonds. The van der Waals surface area contributed by atoms with Gasteiger partial charge in [0.15, 0.2) is 0 Å². The molecule has 2 heterocycles. The van der Waals surface area contributed by atoms with Gasteiger partial charge in [-0.15, -0.1) is 0 Å². The van der Waals surface area contributed by atoms with Crippen molar-refractivity contribution in [1.29, 1.82) is 0 Å². The fourth-order valence-corrected chi connectivity index (χ4v) is 4.33. The van der Waals surface area contributed by atoms with E-state index < -0.39 is 12.7 Å². The molecule has 0 radical (unpaired) electrons. The molecule has 140 valence electrons. The highest BCUT2D eigenvalue weighted by molar-refractivity contribution is 6.62. The zero-order valence-corrected chi connectivity index (χ0v) is 14.4. The summed E-state index contributed by atoms with van der Waals surface area (Å²) in [6.45, 7) is -0.578. The van der Waals surface area contributed by atoms with Gasteiger partial charge in [0.1, 0.15) is 23.0 Å². The monoisotopic (exact) mass is 362 g/mol. The molecule has 1 aromatic carbocycles. The van der Waals surface area contributed by atoms with E-state index in [4.69, 9.17) is 9.39 Å². The lowest BCUT2D eigenvalue weighted by molar-refractivity contribution is -0.441. The van der Waals surface area contributed by atoms with Gasteiger partial charge >= 0.3 is 12.7 Å². The Bertz CT molecular complexity index is 790. The minimum absolute atomic E-state index is 0.0459. The van der Waals surface area contributed by atoms with Gasteiger partial charge in [0.05, 0.1) is 12.3 Å². The molecule has 6 N–H and O–H groups in total. The smallest absolute Gasteiger partial charge is 0.434 e. The van der Waals surface area contributed by atoms with Crippen molar-refractivity contribution in [3.05, 3.63) is 23.3 Å². The van der Waals surface area contributed by atoms with E-state index in [-0.39, 0.29) is 40.4 Å². The average molecular weight is 362 g/mol. The van der Waals surface area contributed by atoms with E-state index in [2.05, 4.69) is 10.6 Å². The van der Waals surface area contributed by atoms with Gasteiger partial charge in [-0.1, -0.05) is 18.3 Å². The Kier molecular flexibility index (Phi) is 3.23. The first kappa shape index (κ1) is 16.4. The van der Waals surface area contributed by atoms with Gasteiger partial charge < -0.3 is 30.3 Å². The lowest BCUT2D eigenvalue weighted by Crippen LogP contribution is -2.70. The summed E-state index contributed by atoms with van der Waals surface area (Å²) in [4.78, 5) is 14.1. The van der Waals surface area contributed by atoms with E-state index in [1.807, 2.05) is 0 Å². The van der Waals surface area contributed by atoms with Crippen LogP contribution in [0.3, 0.4) is 0 Å². The van der Waals surface area contributed by atoms with Crippen molar-refractivity contribution in [1.82, 2.24) is 4.90 Å². The number of nitrogens with zero attached hydrogens (tertiary/aromatic N) is 1. The van der Waals surface area contributed by atoms with Crippen LogP contribution in [0.1, 0.15) is 41.1 Å². The molecule has 26 heavy (non-hydrogen) atoms. The van der Waals surface area contributed by atoms with Crippen molar-refractivity contribution >= 4 is 12.7 Å². The molecule has 0 bridgehead atoms. The summed E-state index contributed by atoms with van der Waals surface area (Å²) in [5, 5.41) is 29.8. The van der Waals surface area contributed by atoms with Crippen molar-refractivity contribution in [2.75, 3.05) is 19.6 Å². The number of ether oxygens (including phenoxy) is 1. The molecule has 1 aromatic rings. The summed E-state index contributed by atoms with van der Waals surface area (Å²) in [6.07, 6.45) is 2.84. The maximum absolute atomic E-state index is 11.8. The van der Waals surface area contributed by atoms with Gasteiger partial charge in [-0.2, -0.15) is 0 Å². The van der Waals surface area contributed by atoms with Crippen LogP contribution in [0.5, 0.6) is 11.5 Å². The summed E-state index contributed by atoms with van der Waals surface area (Å²) >= 11 is 0. The lowest BCUT2D eigenvalue weighted by Gasteiger charge is -2.40. The third-order valence-electron chi connectivity index (χ3n) is 6.19. The van der Waals surface area contributed by atoms with E-state index >= 15 is 0 Å². The molecule has 2 saturated carbocycles. The highest BCUT2D eigenvalue weighted by atomic mass is 16.6. The number of rotatable bonds is 5. The third-order valence-corrected chi connectivity index (χ3v) is 6.19. The molecular formula is C17H23BN2O6. The predicted octanol–water partition coefficient (Wildman–Crippen LogP) is -0.604. The van der Waals surface area contributed by atoms with Gasteiger partial charge in [-0.3, -0.25) is 4.90 Å². The van der Waals surface area contributed by atoms with Crippen LogP contribution in [0.2, 0.25) is 5.82 Å². The van der Waals surface area contributed by atoms with E-state index in [9.17, 15) is 19.9 Å². The van der Waals surface area contributed by atoms with E-state index in [1.54, 1.807) is 12.1 Å². The van der Waals surface area contributed by atoms with E-state index in [1.165, 1.54) is 0 Å². The summed E-state index contributed by atoms with van der Waals surface area (Å²) in [7, 11) is 0. The van der Waals surface area contributed by atoms with Crippen LogP contribution in [-0.4, -0.2) is 64.1 Å². The lowest BCUT2D eigenvalue weighted by atomic mass is 9.68. The van der Waals surface area contributed by atoms with Gasteiger partial charge in [0, 0.05) is 25.9 Å². The number of carbonyl (C=O) groups is 1. The minimum Gasteiger partial charge on any atom is -0.669 e. The fraction of sp³-hybridized carbons (Fsp3) is 0.588. The molecule has 0 aromatic heterocycles. The van der Waals surface area contributed by atoms with Crippen LogP contribution in [0.25, 0.3) is 0 Å². The molecule has 2 aliphatic carbocycles. The SMILES string of the molecule is [NH3+]C1(CN2CC(Oc3ccc4c(c3C(=O)O)O[B-](O)(O)[C@H]3C[C@@H]43)C2)CC1. The summed E-state index contributed by atoms with van der Waals surface area (Å²) < 4.78 is 11.2. The van der Waals surface area contributed by atoms with Crippen molar-refractivity contribution in [3.63, 3.8) is 0 Å². The Morgan fingerprint density at radius 3 is 2.77 bits per heavy atom. The number of fused-ring (bicyclic) bond motifs is 3. The van der Waals surface area contributed by atoms with Crippen LogP contribution in [-0.2, 0) is 0 Å². The quantitative estimate of drug-likeness (QED) is 0.515. The van der Waals surface area contributed by atoms with Crippen molar-refractivity contribution in [2.24, 2.45) is 0 Å². The molecule has 1 saturated heterocycles. The summed E-state index contributed by atoms with van der Waals surface area (Å²) in [5.74, 6) is -1.30. The van der Waals surface area contributed by atoms with Gasteiger partial charge in [0.2, 0.25) is 0 Å². The number of hydrogen-bond acceptors (Lipinski definition) is 6. The normalized spacial score (nSPS) is 30.4. The molecule has 2 aliphatic heterocycles. The Morgan fingerprint density at radius 2 is 2.12 bits per heavy atom. The van der Waals surface area contributed by atoms with Gasteiger partial charge in [-0.05, 0) is 17.5 Å². The average Bonchev–Trinajstić information content (AvgIpc) is 3.40. The first-order chi connectivity index (χ1) is 12.3. The van der Waals surface area contributed by atoms with Crippen molar-refractivity contribution in [3.8, 4) is 11.5 Å². The number of hydrogen-bond donors (Lipinski definition) is 4. The highest BCUT2D eigenvalue weighted by Gasteiger charge is 2.55. The number of aromatic carboxylic acids is 1. The highest BCUT2D eigenvalue weighted by Crippen LogP contribution is 2.63. The number of likely N-dealkylation sites (tertiary alicyclic amines) is 1. The zero-order valence-electron chi connectivity index (χ0n) is 14.4. The number of carboxylic acid groups (broad SMARTS) is 1. The first-order valence-corrected chi connectivity index (χ1v) is 9.19. The Balaban J connectivity index is 1.36. The number of carboxylic acids is 1. The van der Waals surface area contributed by atoms with Crippen molar-refractivity contribution in [2.45, 2.75) is 42.6 Å². The Labute approximate surface area is 150 Å². The Hall–Kier alpha value is -1.81. The fourth-order valence-electron chi connectivity index (χ4n) is 4.33. The maximum atomic E-state index is 11.8. The van der Waals surface area contributed by atoms with Gasteiger partial charge in [0.25, 0.3) is 0 Å². The minimum atomic E-state index is -3.02. The third kappa shape index (κ3) is 2.58. The zero-order chi connectivity index (χ0) is 18.3. The van der Waals surface area contributed by atoms with Gasteiger partial charge in [-0.25, -0.2) is 4.79 Å². The molecule has 0 unspecified atom stereocenters. The number of benzene rings is 1. The standard InChI is InChI=1S/C17H22BN2O6/c19-17(3-4-17)8-20-6-9(7-20)25-13-2-1-10-11-5-12(11)18(23,24)26-15(10)14(13)16(21)22/h1-2,9,11-12,23-24H,3-8,19H2,(H,21,22)/q-1/p+1/t11-,12-/m0/s1. The predicted molar refractivity (Wildman–Crippen MR) is 91.0 cm³/mol. The first-order valence-electron chi connectivity index (χ1n) is 9.19. The summed E-state index contributed by atoms with van der Waals surface area (Å²) in [5.41, 5.74) is 5.01. The molecular weight excluding hydrogens is 339 g/mol. The second-order valence-corrected chi connectivity index (χ2v) is 8.48. The van der Waals surface area contributed by atoms with Crippen molar-refractivity contribution < 1.29 is 35.1 Å². The molecule has 0 spiro atoms. The molecule has 2 atom stereocenters. The molecule has 9 heteroatoms. The molecule has 5 rings (SSSR count). The second kappa shape index (κ2) is 5.13. The topological polar surface area (TPSA) is 127 Å². The van der Waals surface area contributed by atoms with Crippen LogP contribution in [0, 0.1) is 0 Å².